The lowest BCUT2D eigenvalue weighted by Gasteiger charge is -2.24. The summed E-state index contributed by atoms with van der Waals surface area (Å²) >= 11 is 0. The Bertz CT molecular complexity index is 582. The SMILES string of the molecule is Cc1ncc(S(=O)(=O)N(C)C2COCC2C(=O)O)[nH]1. The van der Waals surface area contributed by atoms with Crippen LogP contribution in [0.4, 0.5) is 0 Å². The van der Waals surface area contributed by atoms with Crippen LogP contribution in [-0.2, 0) is 19.6 Å². The van der Waals surface area contributed by atoms with E-state index in [0.717, 1.165) is 4.31 Å². The predicted molar refractivity (Wildman–Crippen MR) is 64.0 cm³/mol. The van der Waals surface area contributed by atoms with Gasteiger partial charge < -0.3 is 14.8 Å². The minimum atomic E-state index is -3.80. The van der Waals surface area contributed by atoms with Gasteiger partial charge in [0.05, 0.1) is 31.4 Å². The van der Waals surface area contributed by atoms with E-state index in [-0.39, 0.29) is 18.2 Å². The highest BCUT2D eigenvalue weighted by molar-refractivity contribution is 7.89. The molecule has 0 aliphatic carbocycles. The first-order chi connectivity index (χ1) is 8.84. The van der Waals surface area contributed by atoms with Gasteiger partial charge in [-0.3, -0.25) is 4.79 Å². The summed E-state index contributed by atoms with van der Waals surface area (Å²) in [6.45, 7) is 1.72. The zero-order valence-electron chi connectivity index (χ0n) is 10.5. The van der Waals surface area contributed by atoms with Crippen LogP contribution in [0, 0.1) is 12.8 Å². The summed E-state index contributed by atoms with van der Waals surface area (Å²) in [6.07, 6.45) is 1.22. The van der Waals surface area contributed by atoms with Crippen LogP contribution in [0.5, 0.6) is 0 Å². The average molecular weight is 289 g/mol. The molecule has 2 atom stereocenters. The Hall–Kier alpha value is -1.45. The number of imidazole rings is 1. The number of hydrogen-bond donors (Lipinski definition) is 2. The lowest BCUT2D eigenvalue weighted by Crippen LogP contribution is -2.44. The van der Waals surface area contributed by atoms with Gasteiger partial charge in [0.15, 0.2) is 5.03 Å². The van der Waals surface area contributed by atoms with Crippen LogP contribution in [0.3, 0.4) is 0 Å². The van der Waals surface area contributed by atoms with Gasteiger partial charge in [0.2, 0.25) is 0 Å². The topological polar surface area (TPSA) is 113 Å². The minimum Gasteiger partial charge on any atom is -0.481 e. The van der Waals surface area contributed by atoms with Crippen molar-refractivity contribution in [1.82, 2.24) is 14.3 Å². The molecule has 1 aliphatic rings. The summed E-state index contributed by atoms with van der Waals surface area (Å²) in [5.74, 6) is -1.45. The van der Waals surface area contributed by atoms with E-state index in [1.807, 2.05) is 0 Å². The van der Waals surface area contributed by atoms with Gasteiger partial charge in [-0.2, -0.15) is 4.31 Å². The fourth-order valence-corrected chi connectivity index (χ4v) is 3.34. The molecule has 8 nitrogen and oxygen atoms in total. The summed E-state index contributed by atoms with van der Waals surface area (Å²) in [6, 6.07) is -0.717. The Morgan fingerprint density at radius 2 is 2.26 bits per heavy atom. The molecule has 1 fully saturated rings. The molecule has 106 valence electrons. The molecule has 0 spiro atoms. The smallest absolute Gasteiger partial charge is 0.310 e. The molecule has 9 heteroatoms. The molecule has 0 saturated carbocycles. The van der Waals surface area contributed by atoms with E-state index in [2.05, 4.69) is 9.97 Å². The van der Waals surface area contributed by atoms with Crippen LogP contribution in [0.2, 0.25) is 0 Å². The molecule has 2 unspecified atom stereocenters. The van der Waals surface area contributed by atoms with Gasteiger partial charge in [-0.15, -0.1) is 0 Å². The van der Waals surface area contributed by atoms with Crippen molar-refractivity contribution in [1.29, 1.82) is 0 Å². The normalized spacial score (nSPS) is 23.9. The van der Waals surface area contributed by atoms with Gasteiger partial charge in [-0.25, -0.2) is 13.4 Å². The number of sulfonamides is 1. The number of likely N-dealkylation sites (N-methyl/N-ethyl adjacent to an activating group) is 1. The standard InChI is InChI=1S/C10H15N3O5S/c1-6-11-3-9(12-6)19(16,17)13(2)8-5-18-4-7(8)10(14)15/h3,7-8H,4-5H2,1-2H3,(H,11,12)(H,14,15). The molecule has 0 bridgehead atoms. The Morgan fingerprint density at radius 3 is 2.79 bits per heavy atom. The van der Waals surface area contributed by atoms with Crippen LogP contribution in [0.1, 0.15) is 5.82 Å². The number of rotatable bonds is 4. The van der Waals surface area contributed by atoms with Crippen molar-refractivity contribution in [2.75, 3.05) is 20.3 Å². The summed E-state index contributed by atoms with van der Waals surface area (Å²) in [7, 11) is -2.45. The largest absolute Gasteiger partial charge is 0.481 e. The highest BCUT2D eigenvalue weighted by atomic mass is 32.2. The molecule has 2 rings (SSSR count). The monoisotopic (exact) mass is 289 g/mol. The van der Waals surface area contributed by atoms with E-state index < -0.39 is 28.0 Å². The van der Waals surface area contributed by atoms with Crippen molar-refractivity contribution >= 4 is 16.0 Å². The number of carboxylic acids is 1. The zero-order valence-corrected chi connectivity index (χ0v) is 11.3. The first kappa shape index (κ1) is 14.0. The van der Waals surface area contributed by atoms with Gasteiger partial charge >= 0.3 is 5.97 Å². The molecular formula is C10H15N3O5S. The summed E-state index contributed by atoms with van der Waals surface area (Å²) in [5, 5.41) is 9.00. The van der Waals surface area contributed by atoms with E-state index in [1.54, 1.807) is 6.92 Å². The second-order valence-electron chi connectivity index (χ2n) is 4.40. The second-order valence-corrected chi connectivity index (χ2v) is 6.37. The summed E-state index contributed by atoms with van der Waals surface area (Å²) < 4.78 is 30.7. The predicted octanol–water partition coefficient (Wildman–Crippen LogP) is -0.562. The van der Waals surface area contributed by atoms with Crippen molar-refractivity contribution in [3.8, 4) is 0 Å². The molecule has 2 N–H and O–H groups in total. The summed E-state index contributed by atoms with van der Waals surface area (Å²) in [5.41, 5.74) is 0. The van der Waals surface area contributed by atoms with E-state index >= 15 is 0 Å². The number of hydrogen-bond acceptors (Lipinski definition) is 5. The zero-order chi connectivity index (χ0) is 14.2. The van der Waals surface area contributed by atoms with Gasteiger partial charge in [-0.05, 0) is 6.92 Å². The molecule has 1 saturated heterocycles. The van der Waals surface area contributed by atoms with Crippen LogP contribution in [0.15, 0.2) is 11.2 Å². The first-order valence-corrected chi connectivity index (χ1v) is 7.08. The van der Waals surface area contributed by atoms with Crippen molar-refractivity contribution in [3.05, 3.63) is 12.0 Å². The summed E-state index contributed by atoms with van der Waals surface area (Å²) in [4.78, 5) is 17.5. The minimum absolute atomic E-state index is 0.0157. The van der Waals surface area contributed by atoms with E-state index in [0.29, 0.717) is 5.82 Å². The molecule has 0 aromatic carbocycles. The van der Waals surface area contributed by atoms with Crippen LogP contribution < -0.4 is 0 Å². The number of aromatic amines is 1. The van der Waals surface area contributed by atoms with Crippen LogP contribution in [0.25, 0.3) is 0 Å². The third-order valence-electron chi connectivity index (χ3n) is 3.17. The van der Waals surface area contributed by atoms with E-state index in [1.165, 1.54) is 13.2 Å². The molecule has 0 radical (unpaired) electrons. The van der Waals surface area contributed by atoms with Crippen LogP contribution >= 0.6 is 0 Å². The lowest BCUT2D eigenvalue weighted by molar-refractivity contribution is -0.142. The molecule has 1 aromatic heterocycles. The number of carboxylic acid groups (broad SMARTS) is 1. The maximum Gasteiger partial charge on any atom is 0.310 e. The van der Waals surface area contributed by atoms with Gasteiger partial charge in [0, 0.05) is 7.05 Å². The number of carbonyl (C=O) groups is 1. The van der Waals surface area contributed by atoms with Gasteiger partial charge in [-0.1, -0.05) is 0 Å². The number of nitrogens with zero attached hydrogens (tertiary/aromatic N) is 2. The third kappa shape index (κ3) is 2.48. The fraction of sp³-hybridized carbons (Fsp3) is 0.600. The van der Waals surface area contributed by atoms with Crippen LogP contribution in [-0.4, -0.2) is 60.1 Å². The quantitative estimate of drug-likeness (QED) is 0.768. The van der Waals surface area contributed by atoms with Crippen molar-refractivity contribution in [2.24, 2.45) is 5.92 Å². The first-order valence-electron chi connectivity index (χ1n) is 5.64. The maximum atomic E-state index is 12.3. The van der Waals surface area contributed by atoms with Crippen molar-refractivity contribution in [2.45, 2.75) is 18.0 Å². The Kier molecular flexibility index (Phi) is 3.61. The Balaban J connectivity index is 2.28. The highest BCUT2D eigenvalue weighted by Gasteiger charge is 2.41. The fourth-order valence-electron chi connectivity index (χ4n) is 2.00. The molecule has 19 heavy (non-hydrogen) atoms. The third-order valence-corrected chi connectivity index (χ3v) is 4.96. The Labute approximate surface area is 110 Å². The molecule has 1 aliphatic heterocycles. The van der Waals surface area contributed by atoms with E-state index in [9.17, 15) is 13.2 Å². The average Bonchev–Trinajstić information content (AvgIpc) is 2.95. The van der Waals surface area contributed by atoms with Gasteiger partial charge in [0.25, 0.3) is 10.0 Å². The number of aromatic nitrogens is 2. The lowest BCUT2D eigenvalue weighted by atomic mass is 10.1. The molecule has 1 aromatic rings. The highest BCUT2D eigenvalue weighted by Crippen LogP contribution is 2.24. The van der Waals surface area contributed by atoms with Gasteiger partial charge in [0.1, 0.15) is 5.82 Å². The molecule has 0 amide bonds. The molecule has 2 heterocycles. The maximum absolute atomic E-state index is 12.3. The number of H-pyrrole nitrogens is 1. The number of aryl methyl sites for hydroxylation is 1. The number of ether oxygens (including phenoxy) is 1. The van der Waals surface area contributed by atoms with Crippen molar-refractivity contribution in [3.63, 3.8) is 0 Å². The second kappa shape index (κ2) is 4.91. The number of nitrogens with one attached hydrogen (secondary N) is 1. The molecular weight excluding hydrogens is 274 g/mol. The Morgan fingerprint density at radius 1 is 1.58 bits per heavy atom. The number of aliphatic carboxylic acids is 1. The van der Waals surface area contributed by atoms with E-state index in [4.69, 9.17) is 9.84 Å². The van der Waals surface area contributed by atoms with Crippen molar-refractivity contribution < 1.29 is 23.1 Å².